The van der Waals surface area contributed by atoms with Crippen LogP contribution in [0.3, 0.4) is 0 Å². The monoisotopic (exact) mass is 407 g/mol. The number of anilines is 2. The molecule has 1 aliphatic heterocycles. The zero-order chi connectivity index (χ0) is 19.8. The minimum atomic E-state index is -0.457. The van der Waals surface area contributed by atoms with Gasteiger partial charge in [-0.25, -0.2) is 4.39 Å². The van der Waals surface area contributed by atoms with Crippen LogP contribution in [0.1, 0.15) is 12.0 Å². The third-order valence-electron chi connectivity index (χ3n) is 4.39. The van der Waals surface area contributed by atoms with Gasteiger partial charge in [0.25, 0.3) is 0 Å². The Kier molecular flexibility index (Phi) is 7.39. The molecule has 2 N–H and O–H groups in total. The van der Waals surface area contributed by atoms with Crippen molar-refractivity contribution in [2.45, 2.75) is 12.8 Å². The van der Waals surface area contributed by atoms with Gasteiger partial charge in [-0.15, -0.1) is 5.10 Å². The van der Waals surface area contributed by atoms with Gasteiger partial charge in [-0.2, -0.15) is 5.10 Å². The van der Waals surface area contributed by atoms with Gasteiger partial charge < -0.3 is 20.3 Å². The quantitative estimate of drug-likeness (QED) is 0.653. The highest BCUT2D eigenvalue weighted by Crippen LogP contribution is 2.18. The fraction of sp³-hybridized carbons (Fsp3) is 0.421. The van der Waals surface area contributed by atoms with Crippen LogP contribution in [-0.2, 0) is 16.0 Å². The van der Waals surface area contributed by atoms with E-state index in [0.717, 1.165) is 24.3 Å². The molecule has 1 aliphatic rings. The number of benzene rings is 1. The highest BCUT2D eigenvalue weighted by molar-refractivity contribution is 6.30. The first-order valence-corrected chi connectivity index (χ1v) is 9.59. The smallest absolute Gasteiger partial charge is 0.220 e. The van der Waals surface area contributed by atoms with Crippen molar-refractivity contribution in [2.75, 3.05) is 49.6 Å². The zero-order valence-corrected chi connectivity index (χ0v) is 16.2. The minimum Gasteiger partial charge on any atom is -0.378 e. The van der Waals surface area contributed by atoms with Crippen molar-refractivity contribution in [1.82, 2.24) is 15.5 Å². The lowest BCUT2D eigenvalue weighted by Crippen LogP contribution is -2.36. The Morgan fingerprint density at radius 1 is 1.25 bits per heavy atom. The summed E-state index contributed by atoms with van der Waals surface area (Å²) in [6, 6.07) is 6.44. The van der Waals surface area contributed by atoms with E-state index in [2.05, 4.69) is 25.7 Å². The second-order valence-electron chi connectivity index (χ2n) is 6.42. The maximum absolute atomic E-state index is 13.1. The maximum atomic E-state index is 13.1. The topological polar surface area (TPSA) is 79.4 Å². The van der Waals surface area contributed by atoms with E-state index in [0.29, 0.717) is 45.0 Å². The van der Waals surface area contributed by atoms with Gasteiger partial charge in [0.05, 0.1) is 30.1 Å². The molecule has 9 heteroatoms. The minimum absolute atomic E-state index is 0.0718. The third-order valence-corrected chi connectivity index (χ3v) is 4.68. The average molecular weight is 408 g/mol. The van der Waals surface area contributed by atoms with Crippen LogP contribution in [0.25, 0.3) is 0 Å². The van der Waals surface area contributed by atoms with Crippen LogP contribution in [0.4, 0.5) is 15.9 Å². The van der Waals surface area contributed by atoms with Crippen molar-refractivity contribution in [2.24, 2.45) is 0 Å². The molecule has 0 radical (unpaired) electrons. The lowest BCUT2D eigenvalue weighted by atomic mass is 10.1. The molecule has 2 heterocycles. The van der Waals surface area contributed by atoms with E-state index < -0.39 is 5.82 Å². The molecule has 28 heavy (non-hydrogen) atoms. The number of ether oxygens (including phenoxy) is 1. The van der Waals surface area contributed by atoms with E-state index in [4.69, 9.17) is 16.3 Å². The van der Waals surface area contributed by atoms with Gasteiger partial charge in [0, 0.05) is 38.7 Å². The molecule has 1 saturated heterocycles. The van der Waals surface area contributed by atoms with E-state index in [-0.39, 0.29) is 10.9 Å². The SMILES string of the molecule is O=C(CCc1ccc(F)c(Cl)c1)NCCNc1cc(N2CCOCC2)cnn1. The number of nitrogens with zero attached hydrogens (tertiary/aromatic N) is 3. The molecule has 1 aromatic carbocycles. The Morgan fingerprint density at radius 3 is 2.86 bits per heavy atom. The Bertz CT molecular complexity index is 802. The van der Waals surface area contributed by atoms with Crippen LogP contribution in [0, 0.1) is 5.82 Å². The summed E-state index contributed by atoms with van der Waals surface area (Å²) in [5.41, 5.74) is 1.83. The fourth-order valence-electron chi connectivity index (χ4n) is 2.87. The van der Waals surface area contributed by atoms with Gasteiger partial charge in [0.2, 0.25) is 5.91 Å². The number of rotatable bonds is 8. The van der Waals surface area contributed by atoms with Gasteiger partial charge in [-0.3, -0.25) is 4.79 Å². The summed E-state index contributed by atoms with van der Waals surface area (Å²) in [5, 5.41) is 14.2. The van der Waals surface area contributed by atoms with E-state index in [1.807, 2.05) is 6.07 Å². The number of halogens is 2. The summed E-state index contributed by atoms with van der Waals surface area (Å²) in [5.74, 6) is 0.135. The standard InChI is InChI=1S/C19H23ClFN5O2/c20-16-11-14(1-3-17(16)21)2-4-19(27)23-6-5-22-18-12-15(13-24-25-18)26-7-9-28-10-8-26/h1,3,11-13H,2,4-10H2,(H,22,25)(H,23,27). The molecule has 0 unspecified atom stereocenters. The van der Waals surface area contributed by atoms with Crippen molar-refractivity contribution in [3.8, 4) is 0 Å². The number of carbonyl (C=O) groups is 1. The summed E-state index contributed by atoms with van der Waals surface area (Å²) >= 11 is 5.75. The summed E-state index contributed by atoms with van der Waals surface area (Å²) in [6.45, 7) is 4.09. The summed E-state index contributed by atoms with van der Waals surface area (Å²) < 4.78 is 18.5. The summed E-state index contributed by atoms with van der Waals surface area (Å²) in [4.78, 5) is 14.1. The van der Waals surface area contributed by atoms with E-state index >= 15 is 0 Å². The molecule has 1 amide bonds. The second kappa shape index (κ2) is 10.2. The molecule has 7 nitrogen and oxygen atoms in total. The van der Waals surface area contributed by atoms with Gasteiger partial charge >= 0.3 is 0 Å². The van der Waals surface area contributed by atoms with E-state index in [9.17, 15) is 9.18 Å². The van der Waals surface area contributed by atoms with Crippen molar-refractivity contribution in [1.29, 1.82) is 0 Å². The number of morpholine rings is 1. The Morgan fingerprint density at radius 2 is 2.07 bits per heavy atom. The fourth-order valence-corrected chi connectivity index (χ4v) is 3.07. The second-order valence-corrected chi connectivity index (χ2v) is 6.83. The number of hydrogen-bond donors (Lipinski definition) is 2. The average Bonchev–Trinajstić information content (AvgIpc) is 2.73. The van der Waals surface area contributed by atoms with Crippen molar-refractivity contribution in [3.63, 3.8) is 0 Å². The predicted molar refractivity (Wildman–Crippen MR) is 106 cm³/mol. The van der Waals surface area contributed by atoms with Gasteiger partial charge in [-0.1, -0.05) is 17.7 Å². The van der Waals surface area contributed by atoms with Crippen LogP contribution in [-0.4, -0.2) is 55.5 Å². The predicted octanol–water partition coefficient (Wildman–Crippen LogP) is 2.27. The molecule has 3 rings (SSSR count). The molecule has 1 aromatic heterocycles. The van der Waals surface area contributed by atoms with E-state index in [1.165, 1.54) is 6.07 Å². The lowest BCUT2D eigenvalue weighted by Gasteiger charge is -2.28. The van der Waals surface area contributed by atoms with Gasteiger partial charge in [0.1, 0.15) is 5.82 Å². The van der Waals surface area contributed by atoms with Crippen molar-refractivity contribution in [3.05, 3.63) is 46.9 Å². The highest BCUT2D eigenvalue weighted by atomic mass is 35.5. The largest absolute Gasteiger partial charge is 0.378 e. The van der Waals surface area contributed by atoms with E-state index in [1.54, 1.807) is 18.3 Å². The molecule has 0 aliphatic carbocycles. The van der Waals surface area contributed by atoms with Crippen LogP contribution in [0.5, 0.6) is 0 Å². The number of nitrogens with one attached hydrogen (secondary N) is 2. The van der Waals surface area contributed by atoms with Crippen LogP contribution >= 0.6 is 11.6 Å². The molecular weight excluding hydrogens is 385 g/mol. The molecular formula is C19H23ClFN5O2. The molecule has 1 fully saturated rings. The summed E-state index contributed by atoms with van der Waals surface area (Å²) in [7, 11) is 0. The Labute approximate surface area is 168 Å². The first-order valence-electron chi connectivity index (χ1n) is 9.22. The van der Waals surface area contributed by atoms with Crippen LogP contribution in [0.15, 0.2) is 30.5 Å². The third kappa shape index (κ3) is 6.03. The summed E-state index contributed by atoms with van der Waals surface area (Å²) in [6.07, 6.45) is 2.56. The van der Waals surface area contributed by atoms with Crippen molar-refractivity contribution >= 4 is 29.0 Å². The lowest BCUT2D eigenvalue weighted by molar-refractivity contribution is -0.120. The molecule has 0 spiro atoms. The zero-order valence-electron chi connectivity index (χ0n) is 15.5. The molecule has 2 aromatic rings. The normalized spacial score (nSPS) is 14.0. The number of amides is 1. The van der Waals surface area contributed by atoms with Crippen LogP contribution in [0.2, 0.25) is 5.02 Å². The Balaban J connectivity index is 1.37. The Hall–Kier alpha value is -2.45. The molecule has 0 bridgehead atoms. The van der Waals surface area contributed by atoms with Crippen molar-refractivity contribution < 1.29 is 13.9 Å². The number of carbonyl (C=O) groups excluding carboxylic acids is 1. The van der Waals surface area contributed by atoms with Crippen LogP contribution < -0.4 is 15.5 Å². The first kappa shape index (κ1) is 20.3. The number of hydrogen-bond acceptors (Lipinski definition) is 6. The highest BCUT2D eigenvalue weighted by Gasteiger charge is 2.12. The molecule has 0 saturated carbocycles. The maximum Gasteiger partial charge on any atom is 0.220 e. The van der Waals surface area contributed by atoms with Gasteiger partial charge in [0.15, 0.2) is 5.82 Å². The van der Waals surface area contributed by atoms with Gasteiger partial charge in [-0.05, 0) is 24.1 Å². The molecule has 0 atom stereocenters. The number of aromatic nitrogens is 2. The first-order chi connectivity index (χ1) is 13.6. The molecule has 150 valence electrons. The number of aryl methyl sites for hydroxylation is 1.